The maximum Gasteiger partial charge on any atom is 0.302 e. The van der Waals surface area contributed by atoms with Gasteiger partial charge in [0.15, 0.2) is 0 Å². The quantitative estimate of drug-likeness (QED) is 0.137. The largest absolute Gasteiger partial charge is 0.461 e. The number of ether oxygens (including phenoxy) is 2. The van der Waals surface area contributed by atoms with Crippen LogP contribution < -0.4 is 11.1 Å². The van der Waals surface area contributed by atoms with Crippen molar-refractivity contribution in [3.05, 3.63) is 107 Å². The summed E-state index contributed by atoms with van der Waals surface area (Å²) in [5, 5.41) is 2.78. The van der Waals surface area contributed by atoms with Crippen LogP contribution in [0.1, 0.15) is 76.9 Å². The maximum absolute atomic E-state index is 14.2. The maximum atomic E-state index is 14.2. The van der Waals surface area contributed by atoms with Gasteiger partial charge in [-0.3, -0.25) is 34.1 Å². The summed E-state index contributed by atoms with van der Waals surface area (Å²) in [6, 6.07) is 20.1. The van der Waals surface area contributed by atoms with Crippen LogP contribution in [0.25, 0.3) is 0 Å². The third kappa shape index (κ3) is 12.0. The molecule has 5 rings (SSSR count). The predicted octanol–water partition coefficient (Wildman–Crippen LogP) is 2.80. The van der Waals surface area contributed by atoms with Crippen molar-refractivity contribution >= 4 is 51.6 Å². The Kier molecular flexibility index (Phi) is 15.1. The van der Waals surface area contributed by atoms with Gasteiger partial charge in [0.2, 0.25) is 27.8 Å². The number of sulfonamides is 1. The van der Waals surface area contributed by atoms with E-state index in [0.29, 0.717) is 36.8 Å². The summed E-state index contributed by atoms with van der Waals surface area (Å²) >= 11 is 0. The topological polar surface area (TPSA) is 215 Å². The second-order valence-electron chi connectivity index (χ2n) is 14.6. The minimum atomic E-state index is -3.98. The van der Waals surface area contributed by atoms with Gasteiger partial charge >= 0.3 is 11.9 Å². The van der Waals surface area contributed by atoms with E-state index in [2.05, 4.69) is 10.3 Å². The first kappa shape index (κ1) is 44.2. The van der Waals surface area contributed by atoms with Gasteiger partial charge in [-0.05, 0) is 55.7 Å². The molecule has 4 amide bonds. The lowest BCUT2D eigenvalue weighted by molar-refractivity contribution is -0.143. The first-order valence-electron chi connectivity index (χ1n) is 19.3. The SMILES string of the molecule is CC(=O)OCc1ccccc1C(=O)N=C(NC(=O)c1ccccc1COC(C)=O)N1CCC(CN([C@H](Cc2ccccc2)C(=O)N2CCC[C@H]2C(N)=O)S(C)(=O)=O)CC1. The first-order valence-corrected chi connectivity index (χ1v) is 21.2. The standard InChI is InChI=1S/C42H50N6O10S/c1-28(49)57-26-32-14-7-9-16-34(32)39(52)44-42(45-40(53)35-17-10-8-15-33(35)27-58-29(2)50)46-22-19-31(20-23-46)25-48(59(3,55)56)37(24-30-12-5-4-6-13-30)41(54)47-21-11-18-36(47)38(43)51/h4-10,12-17,31,36-37H,11,18-27H2,1-3H3,(H2,43,51)(H,44,45,52,53)/t36-,37+/m0/s1. The first-order chi connectivity index (χ1) is 28.1. The summed E-state index contributed by atoms with van der Waals surface area (Å²) in [6.07, 6.45) is 2.88. The number of nitrogens with two attached hydrogens (primary N) is 1. The van der Waals surface area contributed by atoms with Crippen LogP contribution in [0.3, 0.4) is 0 Å². The van der Waals surface area contributed by atoms with E-state index in [-0.39, 0.29) is 68.8 Å². The number of rotatable bonds is 14. The van der Waals surface area contributed by atoms with Gasteiger partial charge in [0.05, 0.1) is 6.26 Å². The number of nitrogens with one attached hydrogen (secondary N) is 1. The van der Waals surface area contributed by atoms with Gasteiger partial charge < -0.3 is 25.0 Å². The number of carbonyl (C=O) groups is 6. The molecule has 3 aromatic carbocycles. The van der Waals surface area contributed by atoms with Crippen molar-refractivity contribution in [2.45, 2.75) is 71.2 Å². The van der Waals surface area contributed by atoms with E-state index in [1.54, 1.807) is 59.5 Å². The van der Waals surface area contributed by atoms with Gasteiger partial charge in [0, 0.05) is 62.3 Å². The molecule has 2 heterocycles. The lowest BCUT2D eigenvalue weighted by Gasteiger charge is -2.38. The molecular formula is C42H50N6O10S. The molecule has 0 unspecified atom stereocenters. The van der Waals surface area contributed by atoms with Crippen LogP contribution in [0.4, 0.5) is 0 Å². The highest BCUT2D eigenvalue weighted by atomic mass is 32.2. The number of piperidine rings is 1. The van der Waals surface area contributed by atoms with Crippen molar-refractivity contribution < 1.29 is 46.7 Å². The molecule has 17 heteroatoms. The molecular weight excluding hydrogens is 781 g/mol. The predicted molar refractivity (Wildman–Crippen MR) is 217 cm³/mol. The molecule has 2 atom stereocenters. The lowest BCUT2D eigenvalue weighted by atomic mass is 9.95. The van der Waals surface area contributed by atoms with Crippen molar-refractivity contribution in [3.63, 3.8) is 0 Å². The second kappa shape index (κ2) is 20.2. The molecule has 3 aromatic rings. The van der Waals surface area contributed by atoms with E-state index in [0.717, 1.165) is 11.8 Å². The van der Waals surface area contributed by atoms with E-state index < -0.39 is 57.7 Å². The number of aliphatic imine (C=N–C) groups is 1. The van der Waals surface area contributed by atoms with Crippen LogP contribution in [-0.2, 0) is 58.3 Å². The number of likely N-dealkylation sites (tertiary alicyclic amines) is 2. The fraction of sp³-hybridized carbons (Fsp3) is 0.405. The molecule has 0 spiro atoms. The molecule has 3 N–H and O–H groups in total. The van der Waals surface area contributed by atoms with Gasteiger partial charge in [-0.2, -0.15) is 9.30 Å². The third-order valence-electron chi connectivity index (χ3n) is 10.4. The minimum absolute atomic E-state index is 0.00416. The van der Waals surface area contributed by atoms with Gasteiger partial charge in [0.25, 0.3) is 11.8 Å². The number of primary amides is 1. The Morgan fingerprint density at radius 2 is 1.37 bits per heavy atom. The summed E-state index contributed by atoms with van der Waals surface area (Å²) in [7, 11) is -3.98. The molecule has 0 aromatic heterocycles. The molecule has 2 aliphatic rings. The van der Waals surface area contributed by atoms with E-state index in [4.69, 9.17) is 15.2 Å². The van der Waals surface area contributed by atoms with Gasteiger partial charge in [-0.1, -0.05) is 66.7 Å². The number of carbonyl (C=O) groups excluding carboxylic acids is 6. The zero-order valence-electron chi connectivity index (χ0n) is 33.4. The number of nitrogens with zero attached hydrogens (tertiary/aromatic N) is 4. The number of hydrogen-bond donors (Lipinski definition) is 2. The van der Waals surface area contributed by atoms with Crippen LogP contribution >= 0.6 is 0 Å². The van der Waals surface area contributed by atoms with Crippen LogP contribution in [0.5, 0.6) is 0 Å². The molecule has 16 nitrogen and oxygen atoms in total. The highest BCUT2D eigenvalue weighted by molar-refractivity contribution is 7.88. The number of guanidine groups is 1. The number of amides is 4. The second-order valence-corrected chi connectivity index (χ2v) is 16.6. The van der Waals surface area contributed by atoms with E-state index in [1.165, 1.54) is 29.1 Å². The van der Waals surface area contributed by atoms with Crippen LogP contribution in [0.15, 0.2) is 83.9 Å². The summed E-state index contributed by atoms with van der Waals surface area (Å²) in [5.74, 6) is -3.83. The lowest BCUT2D eigenvalue weighted by Crippen LogP contribution is -2.56. The van der Waals surface area contributed by atoms with Crippen molar-refractivity contribution in [1.29, 1.82) is 0 Å². The summed E-state index contributed by atoms with van der Waals surface area (Å²) in [4.78, 5) is 84.8. The molecule has 2 saturated heterocycles. The smallest absolute Gasteiger partial charge is 0.302 e. The zero-order chi connectivity index (χ0) is 42.7. The number of esters is 2. The molecule has 2 aliphatic heterocycles. The van der Waals surface area contributed by atoms with Crippen molar-refractivity contribution in [1.82, 2.24) is 19.4 Å². The minimum Gasteiger partial charge on any atom is -0.461 e. The molecule has 59 heavy (non-hydrogen) atoms. The fourth-order valence-corrected chi connectivity index (χ4v) is 8.44. The Morgan fingerprint density at radius 3 is 1.95 bits per heavy atom. The molecule has 0 bridgehead atoms. The number of benzene rings is 3. The normalized spacial score (nSPS) is 16.7. The monoisotopic (exact) mass is 830 g/mol. The average molecular weight is 831 g/mol. The summed E-state index contributed by atoms with van der Waals surface area (Å²) < 4.78 is 38.7. The van der Waals surface area contributed by atoms with Crippen molar-refractivity contribution in [2.24, 2.45) is 16.6 Å². The molecule has 314 valence electrons. The Bertz CT molecular complexity index is 2170. The van der Waals surface area contributed by atoms with Crippen molar-refractivity contribution in [3.8, 4) is 0 Å². The average Bonchev–Trinajstić information content (AvgIpc) is 3.71. The van der Waals surface area contributed by atoms with Gasteiger partial charge in [0.1, 0.15) is 25.3 Å². The summed E-state index contributed by atoms with van der Waals surface area (Å²) in [5.41, 5.74) is 7.57. The van der Waals surface area contributed by atoms with E-state index in [1.807, 2.05) is 18.2 Å². The van der Waals surface area contributed by atoms with Crippen LogP contribution in [0.2, 0.25) is 0 Å². The highest BCUT2D eigenvalue weighted by Gasteiger charge is 2.42. The summed E-state index contributed by atoms with van der Waals surface area (Å²) in [6.45, 7) is 2.93. The molecule has 0 radical (unpaired) electrons. The van der Waals surface area contributed by atoms with Gasteiger partial charge in [-0.25, -0.2) is 8.42 Å². The van der Waals surface area contributed by atoms with E-state index in [9.17, 15) is 37.2 Å². The zero-order valence-corrected chi connectivity index (χ0v) is 34.2. The highest BCUT2D eigenvalue weighted by Crippen LogP contribution is 2.27. The van der Waals surface area contributed by atoms with Crippen LogP contribution in [0, 0.1) is 5.92 Å². The molecule has 2 fully saturated rings. The molecule has 0 aliphatic carbocycles. The van der Waals surface area contributed by atoms with E-state index >= 15 is 0 Å². The fourth-order valence-electron chi connectivity index (χ4n) is 7.33. The molecule has 0 saturated carbocycles. The Labute approximate surface area is 343 Å². The van der Waals surface area contributed by atoms with Gasteiger partial charge in [-0.15, -0.1) is 0 Å². The van der Waals surface area contributed by atoms with Crippen molar-refractivity contribution in [2.75, 3.05) is 32.4 Å². The Morgan fingerprint density at radius 1 is 0.814 bits per heavy atom. The van der Waals surface area contributed by atoms with Crippen LogP contribution in [-0.4, -0.2) is 109 Å². The Hall–Kier alpha value is -5.94. The Balaban J connectivity index is 1.41. The number of hydrogen-bond acceptors (Lipinski definition) is 10. The third-order valence-corrected chi connectivity index (χ3v) is 11.6.